The SMILES string of the molecule is Cl.NCC1CCCN(C(=O)c2ccc(I)cc2)C1. The van der Waals surface area contributed by atoms with Gasteiger partial charge in [-0.1, -0.05) is 0 Å². The van der Waals surface area contributed by atoms with Gasteiger partial charge in [0.2, 0.25) is 0 Å². The van der Waals surface area contributed by atoms with E-state index < -0.39 is 0 Å². The van der Waals surface area contributed by atoms with Gasteiger partial charge in [0.25, 0.3) is 5.91 Å². The summed E-state index contributed by atoms with van der Waals surface area (Å²) >= 11 is 2.24. The molecule has 2 rings (SSSR count). The number of benzene rings is 1. The Balaban J connectivity index is 0.00000162. The molecule has 0 saturated carbocycles. The topological polar surface area (TPSA) is 46.3 Å². The maximum absolute atomic E-state index is 12.3. The second-order valence-corrected chi connectivity index (χ2v) is 5.75. The molecule has 1 heterocycles. The van der Waals surface area contributed by atoms with Crippen LogP contribution in [0, 0.1) is 9.49 Å². The molecule has 1 aliphatic rings. The first-order valence-corrected chi connectivity index (χ1v) is 7.03. The van der Waals surface area contributed by atoms with Crippen molar-refractivity contribution < 1.29 is 4.79 Å². The monoisotopic (exact) mass is 380 g/mol. The van der Waals surface area contributed by atoms with E-state index in [1.165, 1.54) is 0 Å². The Kier molecular flexibility index (Phi) is 6.38. The van der Waals surface area contributed by atoms with Gasteiger partial charge in [0.15, 0.2) is 0 Å². The quantitative estimate of drug-likeness (QED) is 0.802. The van der Waals surface area contributed by atoms with Crippen LogP contribution >= 0.6 is 35.0 Å². The predicted molar refractivity (Wildman–Crippen MR) is 84.1 cm³/mol. The molecule has 1 aliphatic heterocycles. The van der Waals surface area contributed by atoms with Gasteiger partial charge in [0.05, 0.1) is 0 Å². The molecule has 1 amide bonds. The van der Waals surface area contributed by atoms with Gasteiger partial charge < -0.3 is 10.6 Å². The number of carbonyl (C=O) groups excluding carboxylic acids is 1. The average molecular weight is 381 g/mol. The molecule has 0 radical (unpaired) electrons. The minimum atomic E-state index is 0. The van der Waals surface area contributed by atoms with E-state index >= 15 is 0 Å². The number of carbonyl (C=O) groups is 1. The highest BCUT2D eigenvalue weighted by molar-refractivity contribution is 14.1. The number of halogens is 2. The van der Waals surface area contributed by atoms with Gasteiger partial charge in [-0.25, -0.2) is 0 Å². The molecule has 1 saturated heterocycles. The van der Waals surface area contributed by atoms with Crippen LogP contribution in [0.15, 0.2) is 24.3 Å². The Labute approximate surface area is 128 Å². The van der Waals surface area contributed by atoms with Crippen LogP contribution < -0.4 is 5.73 Å². The maximum Gasteiger partial charge on any atom is 0.253 e. The summed E-state index contributed by atoms with van der Waals surface area (Å²) in [6.07, 6.45) is 2.21. The van der Waals surface area contributed by atoms with Crippen molar-refractivity contribution in [2.75, 3.05) is 19.6 Å². The summed E-state index contributed by atoms with van der Waals surface area (Å²) in [5.74, 6) is 0.607. The van der Waals surface area contributed by atoms with Gasteiger partial charge in [-0.3, -0.25) is 4.79 Å². The van der Waals surface area contributed by atoms with Crippen LogP contribution in [0.4, 0.5) is 0 Å². The molecule has 1 fully saturated rings. The molecule has 0 aliphatic carbocycles. The number of nitrogens with zero attached hydrogens (tertiary/aromatic N) is 1. The first-order valence-electron chi connectivity index (χ1n) is 5.95. The molecule has 2 N–H and O–H groups in total. The smallest absolute Gasteiger partial charge is 0.253 e. The molecule has 100 valence electrons. The number of nitrogens with two attached hydrogens (primary N) is 1. The molecule has 1 aromatic rings. The van der Waals surface area contributed by atoms with E-state index in [-0.39, 0.29) is 18.3 Å². The minimum absolute atomic E-state index is 0. The summed E-state index contributed by atoms with van der Waals surface area (Å²) in [5, 5.41) is 0. The summed E-state index contributed by atoms with van der Waals surface area (Å²) in [4.78, 5) is 14.2. The van der Waals surface area contributed by atoms with Gasteiger partial charge in [0, 0.05) is 22.2 Å². The third kappa shape index (κ3) is 3.83. The summed E-state index contributed by atoms with van der Waals surface area (Å²) in [6.45, 7) is 2.35. The van der Waals surface area contributed by atoms with Crippen LogP contribution in [-0.2, 0) is 0 Å². The number of rotatable bonds is 2. The van der Waals surface area contributed by atoms with Gasteiger partial charge in [-0.15, -0.1) is 12.4 Å². The molecule has 0 bridgehead atoms. The van der Waals surface area contributed by atoms with Crippen molar-refractivity contribution >= 4 is 40.9 Å². The summed E-state index contributed by atoms with van der Waals surface area (Å²) in [5.41, 5.74) is 6.47. The maximum atomic E-state index is 12.3. The molecule has 1 atom stereocenters. The van der Waals surface area contributed by atoms with Crippen molar-refractivity contribution in [3.05, 3.63) is 33.4 Å². The van der Waals surface area contributed by atoms with E-state index in [9.17, 15) is 4.79 Å². The largest absolute Gasteiger partial charge is 0.338 e. The molecule has 3 nitrogen and oxygen atoms in total. The zero-order valence-electron chi connectivity index (χ0n) is 10.1. The molecule has 18 heavy (non-hydrogen) atoms. The molecule has 0 aromatic heterocycles. The number of likely N-dealkylation sites (tertiary alicyclic amines) is 1. The van der Waals surface area contributed by atoms with Gasteiger partial charge in [0.1, 0.15) is 0 Å². The lowest BCUT2D eigenvalue weighted by atomic mass is 9.97. The average Bonchev–Trinajstić information content (AvgIpc) is 2.39. The molecule has 5 heteroatoms. The zero-order valence-corrected chi connectivity index (χ0v) is 13.1. The fourth-order valence-electron chi connectivity index (χ4n) is 2.22. The lowest BCUT2D eigenvalue weighted by molar-refractivity contribution is 0.0678. The predicted octanol–water partition coefficient (Wildman–Crippen LogP) is 2.52. The Hall–Kier alpha value is -0.330. The third-order valence-corrected chi connectivity index (χ3v) is 3.95. The molecule has 1 aromatic carbocycles. The fourth-order valence-corrected chi connectivity index (χ4v) is 2.58. The van der Waals surface area contributed by atoms with Crippen LogP contribution in [0.1, 0.15) is 23.2 Å². The van der Waals surface area contributed by atoms with E-state index in [4.69, 9.17) is 5.73 Å². The first kappa shape index (κ1) is 15.7. The highest BCUT2D eigenvalue weighted by Gasteiger charge is 2.23. The fraction of sp³-hybridized carbons (Fsp3) is 0.462. The number of piperidine rings is 1. The van der Waals surface area contributed by atoms with E-state index in [0.29, 0.717) is 12.5 Å². The number of amides is 1. The second kappa shape index (κ2) is 7.31. The van der Waals surface area contributed by atoms with Crippen molar-refractivity contribution in [2.45, 2.75) is 12.8 Å². The third-order valence-electron chi connectivity index (χ3n) is 3.23. The second-order valence-electron chi connectivity index (χ2n) is 4.50. The summed E-state index contributed by atoms with van der Waals surface area (Å²) < 4.78 is 1.15. The minimum Gasteiger partial charge on any atom is -0.338 e. The van der Waals surface area contributed by atoms with Crippen LogP contribution in [0.2, 0.25) is 0 Å². The lowest BCUT2D eigenvalue weighted by Gasteiger charge is -2.32. The standard InChI is InChI=1S/C13H17IN2O.ClH/c14-12-5-3-11(4-6-12)13(17)16-7-1-2-10(8-15)9-16;/h3-6,10H,1-2,7-9,15H2;1H. The van der Waals surface area contributed by atoms with Crippen molar-refractivity contribution in [3.8, 4) is 0 Å². The van der Waals surface area contributed by atoms with Crippen LogP contribution in [0.25, 0.3) is 0 Å². The highest BCUT2D eigenvalue weighted by Crippen LogP contribution is 2.18. The van der Waals surface area contributed by atoms with Crippen LogP contribution in [0.5, 0.6) is 0 Å². The van der Waals surface area contributed by atoms with Crippen molar-refractivity contribution in [2.24, 2.45) is 11.7 Å². The van der Waals surface area contributed by atoms with Crippen molar-refractivity contribution in [1.82, 2.24) is 4.90 Å². The highest BCUT2D eigenvalue weighted by atomic mass is 127. The number of hydrogen-bond acceptors (Lipinski definition) is 2. The van der Waals surface area contributed by atoms with Crippen molar-refractivity contribution in [1.29, 1.82) is 0 Å². The Bertz CT molecular complexity index is 396. The van der Waals surface area contributed by atoms with E-state index in [0.717, 1.165) is 35.1 Å². The first-order chi connectivity index (χ1) is 8.20. The van der Waals surface area contributed by atoms with Crippen LogP contribution in [-0.4, -0.2) is 30.4 Å². The van der Waals surface area contributed by atoms with E-state index in [1.807, 2.05) is 29.2 Å². The molecule has 1 unspecified atom stereocenters. The Morgan fingerprint density at radius 3 is 2.67 bits per heavy atom. The van der Waals surface area contributed by atoms with Gasteiger partial charge in [-0.2, -0.15) is 0 Å². The zero-order chi connectivity index (χ0) is 12.3. The van der Waals surface area contributed by atoms with Crippen molar-refractivity contribution in [3.63, 3.8) is 0 Å². The van der Waals surface area contributed by atoms with Crippen LogP contribution in [0.3, 0.4) is 0 Å². The van der Waals surface area contributed by atoms with Gasteiger partial charge >= 0.3 is 0 Å². The number of hydrogen-bond donors (Lipinski definition) is 1. The molecular weight excluding hydrogens is 363 g/mol. The Morgan fingerprint density at radius 2 is 2.06 bits per heavy atom. The van der Waals surface area contributed by atoms with Gasteiger partial charge in [-0.05, 0) is 72.2 Å². The molecular formula is C13H18ClIN2O. The lowest BCUT2D eigenvalue weighted by Crippen LogP contribution is -2.42. The van der Waals surface area contributed by atoms with E-state index in [1.54, 1.807) is 0 Å². The summed E-state index contributed by atoms with van der Waals surface area (Å²) in [7, 11) is 0. The normalized spacial score (nSPS) is 19.2. The van der Waals surface area contributed by atoms with E-state index in [2.05, 4.69) is 22.6 Å². The summed E-state index contributed by atoms with van der Waals surface area (Å²) in [6, 6.07) is 7.74. The Morgan fingerprint density at radius 1 is 1.39 bits per heavy atom. The molecule has 0 spiro atoms.